The second kappa shape index (κ2) is 14.5. The molecule has 220 valence electrons. The minimum absolute atomic E-state index is 0.203. The van der Waals surface area contributed by atoms with Crippen LogP contribution in [0.5, 0.6) is 0 Å². The van der Waals surface area contributed by atoms with Crippen molar-refractivity contribution in [1.82, 2.24) is 10.2 Å². The number of nitrogens with one attached hydrogen (secondary N) is 2. The van der Waals surface area contributed by atoms with Crippen molar-refractivity contribution in [3.8, 4) is 0 Å². The fraction of sp³-hybridized carbons (Fsp3) is 0.108. The number of hydrogen-bond donors (Lipinski definition) is 3. The Hall–Kier alpha value is -5.69. The van der Waals surface area contributed by atoms with E-state index in [1.165, 1.54) is 0 Å². The number of likely N-dealkylation sites (N-methyl/N-ethyl adjacent to an activating group) is 1. The number of nitrogens with two attached hydrogens (primary N) is 1. The van der Waals surface area contributed by atoms with Crippen molar-refractivity contribution in [3.63, 3.8) is 0 Å². The van der Waals surface area contributed by atoms with Gasteiger partial charge in [0, 0.05) is 19.3 Å². The van der Waals surface area contributed by atoms with Crippen molar-refractivity contribution in [2.45, 2.75) is 18.5 Å². The number of carbonyl (C=O) groups is 2. The van der Waals surface area contributed by atoms with Crippen LogP contribution in [0, 0.1) is 0 Å². The minimum atomic E-state index is -0.958. The molecule has 0 aliphatic heterocycles. The Morgan fingerprint density at radius 2 is 1.23 bits per heavy atom. The molecule has 7 heteroatoms. The molecule has 5 aromatic rings. The summed E-state index contributed by atoms with van der Waals surface area (Å²) in [4.78, 5) is 34.3. The number of benzene rings is 5. The number of hydrogen-bond acceptors (Lipinski definition) is 3. The fourth-order valence-corrected chi connectivity index (χ4v) is 5.07. The third-order valence-corrected chi connectivity index (χ3v) is 7.20. The highest BCUT2D eigenvalue weighted by Crippen LogP contribution is 2.28. The molecule has 44 heavy (non-hydrogen) atoms. The van der Waals surface area contributed by atoms with Crippen LogP contribution in [-0.4, -0.2) is 29.7 Å². The molecule has 0 aliphatic carbocycles. The van der Waals surface area contributed by atoms with E-state index in [-0.39, 0.29) is 17.8 Å². The Morgan fingerprint density at radius 3 is 1.82 bits per heavy atom. The summed E-state index contributed by atoms with van der Waals surface area (Å²) in [5.74, 6) is -0.931. The van der Waals surface area contributed by atoms with Crippen molar-refractivity contribution >= 4 is 29.1 Å². The number of carbonyl (C=O) groups excluding carboxylic acids is 2. The lowest BCUT2D eigenvalue weighted by Gasteiger charge is -2.27. The molecule has 7 nitrogen and oxygen atoms in total. The van der Waals surface area contributed by atoms with Crippen LogP contribution in [0.2, 0.25) is 0 Å². The molecule has 1 unspecified atom stereocenters. The second-order valence-electron chi connectivity index (χ2n) is 10.5. The quantitative estimate of drug-likeness (QED) is 0.131. The summed E-state index contributed by atoms with van der Waals surface area (Å²) < 4.78 is 0. The van der Waals surface area contributed by atoms with Crippen molar-refractivity contribution in [3.05, 3.63) is 168 Å². The average molecular weight is 582 g/mol. The third kappa shape index (κ3) is 7.77. The lowest BCUT2D eigenvalue weighted by molar-refractivity contribution is -0.136. The van der Waals surface area contributed by atoms with Crippen LogP contribution in [0.15, 0.2) is 151 Å². The smallest absolute Gasteiger partial charge is 0.249 e. The van der Waals surface area contributed by atoms with Gasteiger partial charge in [-0.2, -0.15) is 0 Å². The Bertz CT molecular complexity index is 1650. The van der Waals surface area contributed by atoms with Gasteiger partial charge in [-0.3, -0.25) is 9.59 Å². The van der Waals surface area contributed by atoms with E-state index in [0.29, 0.717) is 23.5 Å². The lowest BCUT2D eigenvalue weighted by Crippen LogP contribution is -2.43. The summed E-state index contributed by atoms with van der Waals surface area (Å²) in [6.07, 6.45) is 0. The van der Waals surface area contributed by atoms with Crippen LogP contribution in [0.3, 0.4) is 0 Å². The molecule has 1 atom stereocenters. The Labute approximate surface area is 258 Å². The number of para-hydroxylation sites is 1. The highest BCUT2D eigenvalue weighted by Gasteiger charge is 2.30. The molecule has 2 amide bonds. The van der Waals surface area contributed by atoms with E-state index < -0.39 is 12.0 Å². The van der Waals surface area contributed by atoms with Gasteiger partial charge in [0.1, 0.15) is 6.04 Å². The number of amides is 2. The van der Waals surface area contributed by atoms with Gasteiger partial charge < -0.3 is 21.3 Å². The zero-order valence-corrected chi connectivity index (χ0v) is 24.5. The van der Waals surface area contributed by atoms with Crippen LogP contribution in [0.25, 0.3) is 0 Å². The van der Waals surface area contributed by atoms with Gasteiger partial charge in [0.25, 0.3) is 0 Å². The maximum Gasteiger partial charge on any atom is 0.249 e. The first-order valence-corrected chi connectivity index (χ1v) is 14.4. The van der Waals surface area contributed by atoms with E-state index in [9.17, 15) is 9.59 Å². The van der Waals surface area contributed by atoms with E-state index in [1.807, 2.05) is 146 Å². The molecule has 0 fully saturated rings. The van der Waals surface area contributed by atoms with Gasteiger partial charge in [-0.15, -0.1) is 0 Å². The number of aliphatic imine (C=N–C) groups is 1. The van der Waals surface area contributed by atoms with Crippen molar-refractivity contribution in [2.24, 2.45) is 10.7 Å². The molecule has 0 radical (unpaired) electrons. The topological polar surface area (TPSA) is 99.8 Å². The van der Waals surface area contributed by atoms with Crippen LogP contribution < -0.4 is 16.4 Å². The van der Waals surface area contributed by atoms with Crippen molar-refractivity contribution in [1.29, 1.82) is 0 Å². The van der Waals surface area contributed by atoms with Gasteiger partial charge in [-0.05, 0) is 46.5 Å². The lowest BCUT2D eigenvalue weighted by atomic mass is 9.90. The van der Waals surface area contributed by atoms with E-state index in [4.69, 9.17) is 5.73 Å². The average Bonchev–Trinajstić information content (AvgIpc) is 3.05. The van der Waals surface area contributed by atoms with Gasteiger partial charge in [0.15, 0.2) is 5.96 Å². The first-order chi connectivity index (χ1) is 21.5. The van der Waals surface area contributed by atoms with Gasteiger partial charge in [0.05, 0.1) is 11.6 Å². The summed E-state index contributed by atoms with van der Waals surface area (Å²) in [5.41, 5.74) is 10.8. The molecule has 0 aliphatic rings. The molecule has 0 spiro atoms. The summed E-state index contributed by atoms with van der Waals surface area (Å²) in [6.45, 7) is 0.390. The maximum absolute atomic E-state index is 14.1. The zero-order chi connectivity index (χ0) is 30.7. The molecule has 5 rings (SSSR count). The zero-order valence-electron chi connectivity index (χ0n) is 24.5. The summed E-state index contributed by atoms with van der Waals surface area (Å²) >= 11 is 0. The predicted molar refractivity (Wildman–Crippen MR) is 176 cm³/mol. The van der Waals surface area contributed by atoms with Crippen molar-refractivity contribution in [2.75, 3.05) is 12.4 Å². The van der Waals surface area contributed by atoms with Crippen LogP contribution >= 0.6 is 0 Å². The summed E-state index contributed by atoms with van der Waals surface area (Å²) in [5, 5.41) is 6.21. The normalized spacial score (nSPS) is 11.9. The largest absolute Gasteiger partial charge is 0.369 e. The number of rotatable bonds is 10. The predicted octanol–water partition coefficient (Wildman–Crippen LogP) is 6.39. The Balaban J connectivity index is 1.47. The molecule has 0 saturated heterocycles. The molecular weight excluding hydrogens is 546 g/mol. The first-order valence-electron chi connectivity index (χ1n) is 14.4. The highest BCUT2D eigenvalue weighted by molar-refractivity contribution is 5.95. The standard InChI is InChI=1S/C37H35N5O2/c1-42(26-27-15-6-2-7-16-27)36(44)34(30-21-14-24-32(25-30)40-37(38)39-31-22-12-5-13-23-31)41-35(43)33(28-17-8-3-9-18-28)29-19-10-4-11-20-29/h2-25,33-34H,26H2,1H3,(H,41,43)(H3,38,39,40). The number of nitrogens with zero attached hydrogens (tertiary/aromatic N) is 2. The van der Waals surface area contributed by atoms with Crippen molar-refractivity contribution < 1.29 is 9.59 Å². The molecule has 0 saturated carbocycles. The molecule has 0 bridgehead atoms. The van der Waals surface area contributed by atoms with Crippen LogP contribution in [-0.2, 0) is 16.1 Å². The first kappa shape index (κ1) is 29.8. The number of anilines is 1. The monoisotopic (exact) mass is 581 g/mol. The molecule has 0 aromatic heterocycles. The van der Waals surface area contributed by atoms with E-state index >= 15 is 0 Å². The van der Waals surface area contributed by atoms with Gasteiger partial charge in [0.2, 0.25) is 11.8 Å². The van der Waals surface area contributed by atoms with Crippen LogP contribution in [0.1, 0.15) is 34.2 Å². The maximum atomic E-state index is 14.1. The third-order valence-electron chi connectivity index (χ3n) is 7.20. The van der Waals surface area contributed by atoms with E-state index in [1.54, 1.807) is 11.9 Å². The molecule has 5 aromatic carbocycles. The van der Waals surface area contributed by atoms with E-state index in [0.717, 1.165) is 16.7 Å². The summed E-state index contributed by atoms with van der Waals surface area (Å²) in [6, 6.07) is 44.7. The Kier molecular flexibility index (Phi) is 9.80. The molecular formula is C37H35N5O2. The molecule has 4 N–H and O–H groups in total. The molecule has 0 heterocycles. The SMILES string of the molecule is CN(Cc1ccccc1)C(=O)C(NC(=O)C(c1ccccc1)c1ccccc1)c1cccc(NC(N)=Nc2ccccc2)c1. The van der Waals surface area contributed by atoms with Crippen LogP contribution in [0.4, 0.5) is 11.4 Å². The van der Waals surface area contributed by atoms with Gasteiger partial charge in [-0.1, -0.05) is 121 Å². The second-order valence-corrected chi connectivity index (χ2v) is 10.5. The minimum Gasteiger partial charge on any atom is -0.369 e. The fourth-order valence-electron chi connectivity index (χ4n) is 5.07. The highest BCUT2D eigenvalue weighted by atomic mass is 16.2. The Morgan fingerprint density at radius 1 is 0.705 bits per heavy atom. The van der Waals surface area contributed by atoms with Gasteiger partial charge in [-0.25, -0.2) is 4.99 Å². The number of guanidine groups is 1. The van der Waals surface area contributed by atoms with E-state index in [2.05, 4.69) is 15.6 Å². The summed E-state index contributed by atoms with van der Waals surface area (Å²) in [7, 11) is 1.74. The van der Waals surface area contributed by atoms with Gasteiger partial charge >= 0.3 is 0 Å².